The molecule has 1 aliphatic rings. The molecule has 8 nitrogen and oxygen atoms in total. The van der Waals surface area contributed by atoms with Gasteiger partial charge in [-0.25, -0.2) is 9.59 Å². The van der Waals surface area contributed by atoms with Gasteiger partial charge in [0.25, 0.3) is 0 Å². The number of fused-ring (bicyclic) bond motifs is 1. The quantitative estimate of drug-likeness (QED) is 0.525. The molecule has 154 valence electrons. The molecule has 0 saturated carbocycles. The lowest BCUT2D eigenvalue weighted by molar-refractivity contribution is -0.120. The van der Waals surface area contributed by atoms with Crippen LogP contribution in [0.15, 0.2) is 12.1 Å². The molecule has 2 rings (SSSR count). The van der Waals surface area contributed by atoms with Gasteiger partial charge in [-0.05, 0) is 51.3 Å². The molecule has 0 spiro atoms. The van der Waals surface area contributed by atoms with E-state index in [2.05, 4.69) is 23.9 Å². The zero-order valence-electron chi connectivity index (χ0n) is 16.7. The number of rotatable bonds is 4. The summed E-state index contributed by atoms with van der Waals surface area (Å²) in [5.41, 5.74) is 7.67. The summed E-state index contributed by atoms with van der Waals surface area (Å²) in [6.45, 7) is 7.73. The molecule has 4 N–H and O–H groups in total. The predicted molar refractivity (Wildman–Crippen MR) is 104 cm³/mol. The van der Waals surface area contributed by atoms with Crippen LogP contribution in [0, 0.1) is 19.8 Å². The molecular weight excluding hydrogens is 364 g/mol. The molecule has 0 atom stereocenters. The van der Waals surface area contributed by atoms with E-state index < -0.39 is 24.2 Å². The lowest BCUT2D eigenvalue weighted by Gasteiger charge is -2.19. The van der Waals surface area contributed by atoms with Crippen molar-refractivity contribution in [1.82, 2.24) is 5.32 Å². The molecule has 1 aromatic rings. The van der Waals surface area contributed by atoms with Crippen molar-refractivity contribution in [2.24, 2.45) is 5.73 Å². The molecule has 0 aromatic heterocycles. The van der Waals surface area contributed by atoms with Gasteiger partial charge in [0.1, 0.15) is 18.8 Å². The fourth-order valence-electron chi connectivity index (χ4n) is 2.28. The molecule has 0 radical (unpaired) electrons. The Morgan fingerprint density at radius 1 is 1.32 bits per heavy atom. The maximum atomic E-state index is 11.6. The van der Waals surface area contributed by atoms with Crippen LogP contribution in [0.2, 0.25) is 0 Å². The molecule has 0 fully saturated rings. The Kier molecular flexibility index (Phi) is 10.4. The zero-order chi connectivity index (χ0) is 21.9. The smallest absolute Gasteiger partial charge is 0.407 e. The highest BCUT2D eigenvalue weighted by atomic mass is 16.6. The molecular formula is C20H28N2O6. The van der Waals surface area contributed by atoms with E-state index in [-0.39, 0.29) is 5.97 Å². The fraction of sp³-hybridized carbons (Fsp3) is 0.450. The van der Waals surface area contributed by atoms with Crippen molar-refractivity contribution in [1.29, 1.82) is 0 Å². The Morgan fingerprint density at radius 3 is 2.39 bits per heavy atom. The summed E-state index contributed by atoms with van der Waals surface area (Å²) in [7, 11) is 0. The third kappa shape index (κ3) is 8.56. The monoisotopic (exact) mass is 392 g/mol. The minimum Gasteiger partial charge on any atom is -0.457 e. The van der Waals surface area contributed by atoms with Crippen molar-refractivity contribution in [3.8, 4) is 12.8 Å². The topological polar surface area (TPSA) is 128 Å². The summed E-state index contributed by atoms with van der Waals surface area (Å²) >= 11 is 0. The normalized spacial score (nSPS) is 11.6. The van der Waals surface area contributed by atoms with Gasteiger partial charge in [0.15, 0.2) is 0 Å². The number of aliphatic hydroxyl groups excluding tert-OH is 1. The maximum absolute atomic E-state index is 11.6. The zero-order valence-corrected chi connectivity index (χ0v) is 16.7. The summed E-state index contributed by atoms with van der Waals surface area (Å²) in [5.74, 6) is -0.948. The van der Waals surface area contributed by atoms with E-state index in [1.807, 2.05) is 33.8 Å². The van der Waals surface area contributed by atoms with Crippen LogP contribution in [0.5, 0.6) is 0 Å². The number of nitrogens with two attached hydrogens (primary N) is 1. The third-order valence-electron chi connectivity index (χ3n) is 3.50. The lowest BCUT2D eigenvalue weighted by atomic mass is 9.97. The van der Waals surface area contributed by atoms with Crippen LogP contribution in [0.3, 0.4) is 0 Å². The molecule has 28 heavy (non-hydrogen) atoms. The van der Waals surface area contributed by atoms with E-state index >= 15 is 0 Å². The second-order valence-corrected chi connectivity index (χ2v) is 6.76. The number of hydrogen-bond acceptors (Lipinski definition) is 6. The van der Waals surface area contributed by atoms with Crippen molar-refractivity contribution >= 4 is 18.0 Å². The number of nitrogens with one attached hydrogen (secondary N) is 1. The minimum absolute atomic E-state index is 0.258. The number of esters is 1. The predicted octanol–water partition coefficient (Wildman–Crippen LogP) is 1.45. The minimum atomic E-state index is -0.690. The molecule has 0 saturated heterocycles. The Bertz CT molecular complexity index is 719. The Labute approximate surface area is 165 Å². The maximum Gasteiger partial charge on any atom is 0.407 e. The third-order valence-corrected chi connectivity index (χ3v) is 3.50. The van der Waals surface area contributed by atoms with Crippen LogP contribution < -0.4 is 11.1 Å². The molecule has 0 bridgehead atoms. The first-order chi connectivity index (χ1) is 13.0. The average molecular weight is 392 g/mol. The van der Waals surface area contributed by atoms with Gasteiger partial charge < -0.3 is 25.6 Å². The summed E-state index contributed by atoms with van der Waals surface area (Å²) in [5, 5.41) is 10.4. The van der Waals surface area contributed by atoms with Crippen LogP contribution in [0.1, 0.15) is 47.8 Å². The number of hydrogen-bond donors (Lipinski definition) is 3. The van der Waals surface area contributed by atoms with Crippen molar-refractivity contribution in [3.63, 3.8) is 0 Å². The van der Waals surface area contributed by atoms with Gasteiger partial charge in [-0.15, -0.1) is 12.8 Å². The van der Waals surface area contributed by atoms with Crippen LogP contribution in [0.4, 0.5) is 4.79 Å². The van der Waals surface area contributed by atoms with Gasteiger partial charge in [0, 0.05) is 12.1 Å². The molecule has 1 aromatic carbocycles. The summed E-state index contributed by atoms with van der Waals surface area (Å²) in [6, 6.07) is 3.71. The number of benzene rings is 1. The SMILES string of the molecule is C#C.Cc1c(CCNC(=O)OC(C)(C)C)ccc2c1COC2=O.NC(=O)CO. The fourth-order valence-corrected chi connectivity index (χ4v) is 2.28. The number of ether oxygens (including phenoxy) is 2. The summed E-state index contributed by atoms with van der Waals surface area (Å²) < 4.78 is 10.2. The standard InChI is InChI=1S/C16H21NO4.C2H5NO2.C2H2/c1-10-11(5-6-12-13(10)9-20-14(12)18)7-8-17-15(19)21-16(2,3)4;3-2(5)1-4;1-2/h5-6H,7-9H2,1-4H3,(H,17,19);4H,1H2,(H2,3,5);1-2H. The van der Waals surface area contributed by atoms with Gasteiger partial charge in [-0.1, -0.05) is 6.07 Å². The number of cyclic esters (lactones) is 1. The molecule has 0 unspecified atom stereocenters. The average Bonchev–Trinajstić information content (AvgIpc) is 2.99. The number of carbonyl (C=O) groups is 3. The van der Waals surface area contributed by atoms with Gasteiger partial charge in [-0.2, -0.15) is 0 Å². The Hall–Kier alpha value is -3.05. The molecule has 0 aliphatic carbocycles. The van der Waals surface area contributed by atoms with Gasteiger partial charge >= 0.3 is 12.1 Å². The van der Waals surface area contributed by atoms with Crippen LogP contribution in [-0.2, 0) is 27.3 Å². The van der Waals surface area contributed by atoms with Gasteiger partial charge in [0.05, 0.1) is 5.56 Å². The number of carbonyl (C=O) groups excluding carboxylic acids is 3. The van der Waals surface area contributed by atoms with Crippen LogP contribution in [-0.4, -0.2) is 41.8 Å². The lowest BCUT2D eigenvalue weighted by Crippen LogP contribution is -2.33. The van der Waals surface area contributed by atoms with Crippen LogP contribution >= 0.6 is 0 Å². The first-order valence-electron chi connectivity index (χ1n) is 8.53. The Morgan fingerprint density at radius 2 is 1.89 bits per heavy atom. The van der Waals surface area contributed by atoms with Gasteiger partial charge in [-0.3, -0.25) is 4.79 Å². The molecule has 8 heteroatoms. The Balaban J connectivity index is 0.000000906. The highest BCUT2D eigenvalue weighted by Gasteiger charge is 2.23. The second-order valence-electron chi connectivity index (χ2n) is 6.76. The largest absolute Gasteiger partial charge is 0.457 e. The number of primary amides is 1. The van der Waals surface area contributed by atoms with E-state index in [0.717, 1.165) is 16.7 Å². The van der Waals surface area contributed by atoms with E-state index in [1.54, 1.807) is 6.07 Å². The second kappa shape index (κ2) is 11.6. The van der Waals surface area contributed by atoms with Crippen LogP contribution in [0.25, 0.3) is 0 Å². The number of terminal acetylenes is 1. The number of aliphatic hydroxyl groups is 1. The van der Waals surface area contributed by atoms with E-state index in [4.69, 9.17) is 14.6 Å². The highest BCUT2D eigenvalue weighted by Crippen LogP contribution is 2.25. The van der Waals surface area contributed by atoms with E-state index in [9.17, 15) is 14.4 Å². The van der Waals surface area contributed by atoms with E-state index in [1.165, 1.54) is 0 Å². The molecule has 2 amide bonds. The summed E-state index contributed by atoms with van der Waals surface area (Å²) in [6.07, 6.45) is 8.27. The van der Waals surface area contributed by atoms with Crippen molar-refractivity contribution in [2.75, 3.05) is 13.2 Å². The van der Waals surface area contributed by atoms with Crippen molar-refractivity contribution in [3.05, 3.63) is 34.4 Å². The number of amides is 2. The van der Waals surface area contributed by atoms with Gasteiger partial charge in [0.2, 0.25) is 5.91 Å². The first kappa shape index (κ1) is 24.9. The van der Waals surface area contributed by atoms with E-state index in [0.29, 0.717) is 25.1 Å². The van der Waals surface area contributed by atoms with Crippen molar-refractivity contribution < 1.29 is 29.0 Å². The molecule has 1 heterocycles. The summed E-state index contributed by atoms with van der Waals surface area (Å²) in [4.78, 5) is 32.4. The number of alkyl carbamates (subject to hydrolysis) is 1. The van der Waals surface area contributed by atoms with Crippen molar-refractivity contribution in [2.45, 2.75) is 46.3 Å². The highest BCUT2D eigenvalue weighted by molar-refractivity contribution is 5.93. The molecule has 1 aliphatic heterocycles. The first-order valence-corrected chi connectivity index (χ1v) is 8.53.